The normalized spacial score (nSPS) is 10.7. The summed E-state index contributed by atoms with van der Waals surface area (Å²) in [7, 11) is 0. The number of carbonyl (C=O) groups is 1. The van der Waals surface area contributed by atoms with Crippen LogP contribution in [0.1, 0.15) is 23.8 Å². The molecule has 2 aromatic rings. The Morgan fingerprint density at radius 1 is 1.57 bits per heavy atom. The lowest BCUT2D eigenvalue weighted by Crippen LogP contribution is -2.04. The van der Waals surface area contributed by atoms with Crippen LogP contribution in [-0.4, -0.2) is 20.4 Å². The van der Waals surface area contributed by atoms with Gasteiger partial charge in [0.2, 0.25) is 0 Å². The van der Waals surface area contributed by atoms with E-state index >= 15 is 0 Å². The minimum atomic E-state index is 0.00673. The van der Waals surface area contributed by atoms with Crippen LogP contribution in [0.3, 0.4) is 0 Å². The van der Waals surface area contributed by atoms with Crippen molar-refractivity contribution >= 4 is 23.0 Å². The first-order chi connectivity index (χ1) is 6.72. The standard InChI is InChI=1S/C9H8ClN3O/c1-2-7(14)6-5-11-9-4-3-8(10)12-13(6)9/h3-5H,2H2,1H3. The Bertz CT molecular complexity index is 492. The molecule has 0 aromatic carbocycles. The quantitative estimate of drug-likeness (QED) is 0.711. The summed E-state index contributed by atoms with van der Waals surface area (Å²) in [6.45, 7) is 1.80. The fourth-order valence-corrected chi connectivity index (χ4v) is 1.36. The van der Waals surface area contributed by atoms with Gasteiger partial charge in [-0.25, -0.2) is 9.50 Å². The van der Waals surface area contributed by atoms with Crippen LogP contribution < -0.4 is 0 Å². The van der Waals surface area contributed by atoms with E-state index in [0.717, 1.165) is 0 Å². The van der Waals surface area contributed by atoms with Gasteiger partial charge >= 0.3 is 0 Å². The minimum absolute atomic E-state index is 0.00673. The average molecular weight is 210 g/mol. The molecule has 14 heavy (non-hydrogen) atoms. The SMILES string of the molecule is CCC(=O)c1cnc2ccc(Cl)nn12. The molecule has 2 rings (SSSR count). The number of nitrogens with zero attached hydrogens (tertiary/aromatic N) is 3. The molecule has 0 unspecified atom stereocenters. The molecule has 0 N–H and O–H groups in total. The zero-order valence-corrected chi connectivity index (χ0v) is 8.32. The van der Waals surface area contributed by atoms with Crippen molar-refractivity contribution in [1.82, 2.24) is 14.6 Å². The highest BCUT2D eigenvalue weighted by Crippen LogP contribution is 2.10. The van der Waals surface area contributed by atoms with Crippen LogP contribution in [0.5, 0.6) is 0 Å². The molecule has 0 bridgehead atoms. The number of hydrogen-bond donors (Lipinski definition) is 0. The Morgan fingerprint density at radius 3 is 3.07 bits per heavy atom. The molecule has 0 saturated carbocycles. The number of carbonyl (C=O) groups excluding carboxylic acids is 1. The minimum Gasteiger partial charge on any atom is -0.292 e. The highest BCUT2D eigenvalue weighted by atomic mass is 35.5. The number of halogens is 1. The van der Waals surface area contributed by atoms with Crippen molar-refractivity contribution in [3.05, 3.63) is 29.2 Å². The maximum atomic E-state index is 11.5. The molecule has 72 valence electrons. The lowest BCUT2D eigenvalue weighted by molar-refractivity contribution is 0.0981. The zero-order chi connectivity index (χ0) is 10.1. The predicted octanol–water partition coefficient (Wildman–Crippen LogP) is 1.98. The van der Waals surface area contributed by atoms with Crippen molar-refractivity contribution < 1.29 is 4.79 Å². The van der Waals surface area contributed by atoms with E-state index in [4.69, 9.17) is 11.6 Å². The number of ketones is 1. The maximum Gasteiger partial charge on any atom is 0.182 e. The molecule has 0 fully saturated rings. The van der Waals surface area contributed by atoms with Gasteiger partial charge in [-0.05, 0) is 12.1 Å². The number of rotatable bonds is 2. The van der Waals surface area contributed by atoms with Crippen molar-refractivity contribution in [1.29, 1.82) is 0 Å². The van der Waals surface area contributed by atoms with Gasteiger partial charge < -0.3 is 0 Å². The van der Waals surface area contributed by atoms with Gasteiger partial charge in [-0.15, -0.1) is 0 Å². The van der Waals surface area contributed by atoms with Gasteiger partial charge in [0.25, 0.3) is 0 Å². The molecule has 2 heterocycles. The van der Waals surface area contributed by atoms with Gasteiger partial charge in [0.1, 0.15) is 10.8 Å². The molecule has 0 spiro atoms. The second-order valence-electron chi connectivity index (χ2n) is 2.85. The Hall–Kier alpha value is -1.42. The Kier molecular flexibility index (Phi) is 2.21. The fourth-order valence-electron chi connectivity index (χ4n) is 1.22. The van der Waals surface area contributed by atoms with Gasteiger partial charge in [-0.1, -0.05) is 18.5 Å². The molecular weight excluding hydrogens is 202 g/mol. The third kappa shape index (κ3) is 1.37. The van der Waals surface area contributed by atoms with Gasteiger partial charge in [0.05, 0.1) is 6.20 Å². The van der Waals surface area contributed by atoms with Gasteiger partial charge in [-0.3, -0.25) is 4.79 Å². The van der Waals surface area contributed by atoms with Crippen molar-refractivity contribution in [3.63, 3.8) is 0 Å². The van der Waals surface area contributed by atoms with E-state index < -0.39 is 0 Å². The Balaban J connectivity index is 2.67. The van der Waals surface area contributed by atoms with Gasteiger partial charge in [0, 0.05) is 6.42 Å². The first-order valence-corrected chi connectivity index (χ1v) is 4.63. The predicted molar refractivity (Wildman–Crippen MR) is 52.6 cm³/mol. The molecule has 4 nitrogen and oxygen atoms in total. The third-order valence-electron chi connectivity index (χ3n) is 1.94. The molecule has 0 saturated heterocycles. The molecule has 5 heteroatoms. The van der Waals surface area contributed by atoms with Crippen LogP contribution in [0.4, 0.5) is 0 Å². The Labute approximate surface area is 85.5 Å². The monoisotopic (exact) mass is 209 g/mol. The molecule has 0 aliphatic heterocycles. The number of Topliss-reactive ketones (excluding diaryl/α,β-unsaturated/α-hetero) is 1. The first kappa shape index (κ1) is 9.15. The summed E-state index contributed by atoms with van der Waals surface area (Å²) >= 11 is 5.72. The lowest BCUT2D eigenvalue weighted by atomic mass is 10.2. The van der Waals surface area contributed by atoms with Crippen LogP contribution >= 0.6 is 11.6 Å². The van der Waals surface area contributed by atoms with Crippen molar-refractivity contribution in [2.24, 2.45) is 0 Å². The van der Waals surface area contributed by atoms with E-state index in [9.17, 15) is 4.79 Å². The highest BCUT2D eigenvalue weighted by molar-refractivity contribution is 6.29. The summed E-state index contributed by atoms with van der Waals surface area (Å²) < 4.78 is 1.47. The van der Waals surface area contributed by atoms with Crippen LogP contribution in [0.25, 0.3) is 5.65 Å². The topological polar surface area (TPSA) is 47.3 Å². The van der Waals surface area contributed by atoms with E-state index in [0.29, 0.717) is 22.9 Å². The second-order valence-corrected chi connectivity index (χ2v) is 3.23. The fraction of sp³-hybridized carbons (Fsp3) is 0.222. The van der Waals surface area contributed by atoms with Crippen LogP contribution in [0.2, 0.25) is 5.15 Å². The number of fused-ring (bicyclic) bond motifs is 1. The number of hydrogen-bond acceptors (Lipinski definition) is 3. The van der Waals surface area contributed by atoms with Crippen molar-refractivity contribution in [2.45, 2.75) is 13.3 Å². The van der Waals surface area contributed by atoms with E-state index in [1.54, 1.807) is 19.1 Å². The molecule has 0 aliphatic rings. The molecule has 0 radical (unpaired) electrons. The van der Waals surface area contributed by atoms with E-state index in [1.165, 1.54) is 10.7 Å². The number of imidazole rings is 1. The molecule has 0 amide bonds. The van der Waals surface area contributed by atoms with Crippen LogP contribution in [0.15, 0.2) is 18.3 Å². The smallest absolute Gasteiger partial charge is 0.182 e. The highest BCUT2D eigenvalue weighted by Gasteiger charge is 2.10. The summed E-state index contributed by atoms with van der Waals surface area (Å²) in [4.78, 5) is 15.5. The van der Waals surface area contributed by atoms with E-state index in [2.05, 4.69) is 10.1 Å². The summed E-state index contributed by atoms with van der Waals surface area (Å²) in [6.07, 6.45) is 1.95. The molecule has 0 atom stereocenters. The summed E-state index contributed by atoms with van der Waals surface area (Å²) in [5.74, 6) is 0.00673. The van der Waals surface area contributed by atoms with Crippen molar-refractivity contribution in [3.8, 4) is 0 Å². The summed E-state index contributed by atoms with van der Waals surface area (Å²) in [5.41, 5.74) is 1.11. The number of aromatic nitrogens is 3. The Morgan fingerprint density at radius 2 is 2.36 bits per heavy atom. The molecular formula is C9H8ClN3O. The summed E-state index contributed by atoms with van der Waals surface area (Å²) in [5, 5.41) is 4.35. The largest absolute Gasteiger partial charge is 0.292 e. The maximum absolute atomic E-state index is 11.5. The van der Waals surface area contributed by atoms with E-state index in [1.807, 2.05) is 0 Å². The van der Waals surface area contributed by atoms with Crippen LogP contribution in [0, 0.1) is 0 Å². The summed E-state index contributed by atoms with van der Waals surface area (Å²) in [6, 6.07) is 3.37. The lowest BCUT2D eigenvalue weighted by Gasteiger charge is -1.97. The van der Waals surface area contributed by atoms with Crippen LogP contribution in [-0.2, 0) is 0 Å². The zero-order valence-electron chi connectivity index (χ0n) is 7.57. The molecule has 2 aromatic heterocycles. The third-order valence-corrected chi connectivity index (χ3v) is 2.14. The first-order valence-electron chi connectivity index (χ1n) is 4.26. The molecule has 0 aliphatic carbocycles. The van der Waals surface area contributed by atoms with Gasteiger partial charge in [-0.2, -0.15) is 5.10 Å². The average Bonchev–Trinajstić information content (AvgIpc) is 2.59. The van der Waals surface area contributed by atoms with Gasteiger partial charge in [0.15, 0.2) is 11.4 Å². The van der Waals surface area contributed by atoms with E-state index in [-0.39, 0.29) is 5.78 Å². The second kappa shape index (κ2) is 3.38. The van der Waals surface area contributed by atoms with Crippen molar-refractivity contribution in [2.75, 3.05) is 0 Å².